The molecule has 0 aromatic heterocycles. The number of hydrogen-bond donors (Lipinski definition) is 1. The summed E-state index contributed by atoms with van der Waals surface area (Å²) in [6.07, 6.45) is 0. The zero-order chi connectivity index (χ0) is 20.6. The van der Waals surface area contributed by atoms with Crippen LogP contribution in [0.3, 0.4) is 0 Å². The minimum atomic E-state index is -0.0988. The van der Waals surface area contributed by atoms with Gasteiger partial charge in [-0.05, 0) is 66.7 Å². The third-order valence-electron chi connectivity index (χ3n) is 4.62. The normalized spacial score (nSPS) is 12.8. The molecule has 27 heavy (non-hydrogen) atoms. The molecule has 0 heterocycles. The van der Waals surface area contributed by atoms with Crippen LogP contribution in [-0.2, 0) is 10.8 Å². The maximum absolute atomic E-state index is 10.4. The second-order valence-corrected chi connectivity index (χ2v) is 10.9. The van der Waals surface area contributed by atoms with Gasteiger partial charge < -0.3 is 9.63 Å². The van der Waals surface area contributed by atoms with Crippen LogP contribution >= 0.6 is 20.6 Å². The average Bonchev–Trinajstić information content (AvgIpc) is 2.49. The molecule has 0 spiro atoms. The highest BCUT2D eigenvalue weighted by molar-refractivity contribution is 7.99. The summed E-state index contributed by atoms with van der Waals surface area (Å²) in [6, 6.07) is 8.47. The molecule has 0 amide bonds. The van der Waals surface area contributed by atoms with E-state index in [1.165, 1.54) is 20.9 Å². The molecule has 0 aliphatic heterocycles. The fourth-order valence-electron chi connectivity index (χ4n) is 3.05. The molecule has 2 nitrogen and oxygen atoms in total. The first-order valence-corrected chi connectivity index (χ1v) is 11.6. The molecule has 0 fully saturated rings. The lowest BCUT2D eigenvalue weighted by Crippen LogP contribution is -2.13. The topological polar surface area (TPSA) is 29.5 Å². The van der Waals surface area contributed by atoms with Gasteiger partial charge in [0.1, 0.15) is 11.5 Å². The Hall–Kier alpha value is -1.18. The quantitative estimate of drug-likeness (QED) is 0.540. The number of rotatable bonds is 4. The Balaban J connectivity index is 2.55. The summed E-state index contributed by atoms with van der Waals surface area (Å²) in [7, 11) is 0.431. The van der Waals surface area contributed by atoms with Gasteiger partial charge in [-0.15, -0.1) is 0 Å². The van der Waals surface area contributed by atoms with Crippen molar-refractivity contribution in [2.24, 2.45) is 0 Å². The number of phenols is 1. The summed E-state index contributed by atoms with van der Waals surface area (Å²) >= 11 is 1.77. The van der Waals surface area contributed by atoms with Crippen molar-refractivity contribution in [1.29, 1.82) is 0 Å². The lowest BCUT2D eigenvalue weighted by molar-refractivity contribution is 0.445. The van der Waals surface area contributed by atoms with Crippen LogP contribution in [0.2, 0.25) is 0 Å². The number of benzene rings is 2. The molecular weight excluding hydrogens is 371 g/mol. The van der Waals surface area contributed by atoms with E-state index in [4.69, 9.17) is 4.52 Å². The molecule has 2 aromatic rings. The van der Waals surface area contributed by atoms with Gasteiger partial charge in [0.2, 0.25) is 0 Å². The van der Waals surface area contributed by atoms with Gasteiger partial charge in [0, 0.05) is 20.9 Å². The van der Waals surface area contributed by atoms with Crippen LogP contribution in [0.25, 0.3) is 0 Å². The van der Waals surface area contributed by atoms with Crippen molar-refractivity contribution in [1.82, 2.24) is 0 Å². The largest absolute Gasteiger partial charge is 0.508 e. The molecule has 0 radical (unpaired) electrons. The van der Waals surface area contributed by atoms with E-state index in [-0.39, 0.29) is 10.8 Å². The molecule has 0 aliphatic rings. The zero-order valence-electron chi connectivity index (χ0n) is 18.1. The van der Waals surface area contributed by atoms with E-state index >= 15 is 0 Å². The van der Waals surface area contributed by atoms with E-state index in [2.05, 4.69) is 80.3 Å². The van der Waals surface area contributed by atoms with Gasteiger partial charge in [-0.1, -0.05) is 53.3 Å². The molecule has 0 aliphatic carbocycles. The Bertz CT molecular complexity index is 830. The van der Waals surface area contributed by atoms with Gasteiger partial charge in [0.25, 0.3) is 0 Å². The SMILES string of the molecule is CPOc1cc(C)c(Sc2cc(C(C)(C)C)c(O)cc2C)cc1C(C)(C)C. The van der Waals surface area contributed by atoms with Gasteiger partial charge in [0.15, 0.2) is 0 Å². The van der Waals surface area contributed by atoms with E-state index in [0.29, 0.717) is 14.6 Å². The van der Waals surface area contributed by atoms with Gasteiger partial charge in [-0.2, -0.15) is 0 Å². The maximum atomic E-state index is 10.4. The van der Waals surface area contributed by atoms with Crippen molar-refractivity contribution in [3.63, 3.8) is 0 Å². The molecule has 0 saturated heterocycles. The minimum absolute atomic E-state index is 0.0125. The summed E-state index contributed by atoms with van der Waals surface area (Å²) in [5.41, 5.74) is 4.44. The Labute approximate surface area is 171 Å². The second kappa shape index (κ2) is 8.05. The summed E-state index contributed by atoms with van der Waals surface area (Å²) in [5, 5.41) is 10.4. The predicted molar refractivity (Wildman–Crippen MR) is 120 cm³/mol. The first-order valence-electron chi connectivity index (χ1n) is 9.35. The highest BCUT2D eigenvalue weighted by Crippen LogP contribution is 2.43. The van der Waals surface area contributed by atoms with E-state index in [1.807, 2.05) is 6.07 Å². The van der Waals surface area contributed by atoms with Crippen molar-refractivity contribution in [3.05, 3.63) is 46.5 Å². The molecular formula is C23H33O2PS. The van der Waals surface area contributed by atoms with Crippen LogP contribution in [0.4, 0.5) is 0 Å². The van der Waals surface area contributed by atoms with Crippen molar-refractivity contribution in [2.75, 3.05) is 6.66 Å². The van der Waals surface area contributed by atoms with E-state index < -0.39 is 0 Å². The van der Waals surface area contributed by atoms with Crippen LogP contribution in [0, 0.1) is 13.8 Å². The van der Waals surface area contributed by atoms with Crippen molar-refractivity contribution in [3.8, 4) is 11.5 Å². The van der Waals surface area contributed by atoms with Crippen LogP contribution in [0.1, 0.15) is 63.8 Å². The average molecular weight is 405 g/mol. The van der Waals surface area contributed by atoms with Crippen LogP contribution in [0.15, 0.2) is 34.1 Å². The third kappa shape index (κ3) is 5.21. The van der Waals surface area contributed by atoms with Crippen LogP contribution in [0.5, 0.6) is 11.5 Å². The van der Waals surface area contributed by atoms with Crippen LogP contribution in [-0.4, -0.2) is 11.8 Å². The summed E-state index contributed by atoms with van der Waals surface area (Å²) in [5.74, 6) is 1.37. The van der Waals surface area contributed by atoms with Gasteiger partial charge in [-0.3, -0.25) is 0 Å². The van der Waals surface area contributed by atoms with Gasteiger partial charge in [-0.25, -0.2) is 0 Å². The summed E-state index contributed by atoms with van der Waals surface area (Å²) in [6.45, 7) is 19.3. The molecule has 2 rings (SSSR count). The summed E-state index contributed by atoms with van der Waals surface area (Å²) in [4.78, 5) is 2.42. The zero-order valence-corrected chi connectivity index (χ0v) is 19.9. The number of phenolic OH excluding ortho intramolecular Hbond substituents is 1. The minimum Gasteiger partial charge on any atom is -0.508 e. The Morgan fingerprint density at radius 1 is 0.815 bits per heavy atom. The molecule has 1 atom stereocenters. The molecule has 1 N–H and O–H groups in total. The lowest BCUT2D eigenvalue weighted by Gasteiger charge is -2.25. The number of aryl methyl sites for hydroxylation is 2. The smallest absolute Gasteiger partial charge is 0.126 e. The fourth-order valence-corrected chi connectivity index (χ4v) is 4.47. The van der Waals surface area contributed by atoms with Gasteiger partial charge in [0.05, 0.1) is 8.81 Å². The van der Waals surface area contributed by atoms with Crippen LogP contribution < -0.4 is 4.52 Å². The second-order valence-electron chi connectivity index (χ2n) is 9.16. The molecule has 148 valence electrons. The molecule has 0 bridgehead atoms. The highest BCUT2D eigenvalue weighted by atomic mass is 32.2. The lowest BCUT2D eigenvalue weighted by atomic mass is 9.86. The van der Waals surface area contributed by atoms with Crippen molar-refractivity contribution < 1.29 is 9.63 Å². The fraction of sp³-hybridized carbons (Fsp3) is 0.478. The molecule has 2 aromatic carbocycles. The van der Waals surface area contributed by atoms with E-state index in [0.717, 1.165) is 16.9 Å². The van der Waals surface area contributed by atoms with E-state index in [1.54, 1.807) is 11.8 Å². The predicted octanol–water partition coefficient (Wildman–Crippen LogP) is 7.36. The molecule has 4 heteroatoms. The maximum Gasteiger partial charge on any atom is 0.126 e. The monoisotopic (exact) mass is 404 g/mol. The van der Waals surface area contributed by atoms with Crippen molar-refractivity contribution >= 4 is 20.6 Å². The Morgan fingerprint density at radius 3 is 1.78 bits per heavy atom. The standard InChI is InChI=1S/C23H33O2PS/c1-14-10-18(24)16(22(3,4)5)12-20(14)27-21-13-17(23(6,7)8)19(25-26-9)11-15(21)2/h10-13,24,26H,1-9H3. The third-order valence-corrected chi connectivity index (χ3v) is 6.36. The van der Waals surface area contributed by atoms with Crippen molar-refractivity contribution in [2.45, 2.75) is 76.0 Å². The van der Waals surface area contributed by atoms with Gasteiger partial charge >= 0.3 is 0 Å². The Kier molecular flexibility index (Phi) is 6.59. The highest BCUT2D eigenvalue weighted by Gasteiger charge is 2.23. The van der Waals surface area contributed by atoms with E-state index in [9.17, 15) is 5.11 Å². The molecule has 0 saturated carbocycles. The Morgan fingerprint density at radius 2 is 1.30 bits per heavy atom. The summed E-state index contributed by atoms with van der Waals surface area (Å²) < 4.78 is 5.94. The first kappa shape index (κ1) is 22.1. The molecule has 1 unspecified atom stereocenters. The number of aromatic hydroxyl groups is 1. The number of hydrogen-bond acceptors (Lipinski definition) is 3. The first-order chi connectivity index (χ1) is 12.3.